The maximum atomic E-state index is 13.2. The van der Waals surface area contributed by atoms with Gasteiger partial charge in [-0.05, 0) is 34.5 Å². The van der Waals surface area contributed by atoms with Crippen LogP contribution in [0.4, 0.5) is 4.39 Å². The highest BCUT2D eigenvalue weighted by Crippen LogP contribution is 2.20. The maximum absolute atomic E-state index is 13.2. The van der Waals surface area contributed by atoms with Crippen LogP contribution in [0.25, 0.3) is 0 Å². The fourth-order valence-electron chi connectivity index (χ4n) is 1.16. The van der Waals surface area contributed by atoms with Gasteiger partial charge >= 0.3 is 0 Å². The average Bonchev–Trinajstić information content (AvgIpc) is 2.31. The zero-order valence-electron chi connectivity index (χ0n) is 9.00. The Labute approximate surface area is 102 Å². The average molecular weight is 292 g/mol. The van der Waals surface area contributed by atoms with E-state index in [1.807, 2.05) is 0 Å². The van der Waals surface area contributed by atoms with Gasteiger partial charge in [-0.1, -0.05) is 12.1 Å². The van der Waals surface area contributed by atoms with Gasteiger partial charge in [-0.3, -0.25) is 0 Å². The molecule has 0 radical (unpaired) electrons. The van der Waals surface area contributed by atoms with Crippen LogP contribution in [0.3, 0.4) is 0 Å². The predicted molar refractivity (Wildman–Crippen MR) is 63.5 cm³/mol. The van der Waals surface area contributed by atoms with Gasteiger partial charge in [0.1, 0.15) is 5.82 Å². The van der Waals surface area contributed by atoms with Crippen molar-refractivity contribution in [3.63, 3.8) is 0 Å². The van der Waals surface area contributed by atoms with Gasteiger partial charge < -0.3 is 15.5 Å². The molecule has 0 bridgehead atoms. The highest BCUT2D eigenvalue weighted by molar-refractivity contribution is 9.10. The number of hydrogen-bond acceptors (Lipinski definition) is 3. The molecule has 0 atom stereocenters. The molecule has 0 aliphatic heterocycles. The fourth-order valence-corrected chi connectivity index (χ4v) is 1.56. The molecule has 1 rings (SSSR count). The topological polar surface area (TPSA) is 52.5 Å². The van der Waals surface area contributed by atoms with Crippen molar-refractivity contribution in [1.29, 1.82) is 0 Å². The Morgan fingerprint density at radius 2 is 2.00 bits per heavy atom. The minimum absolute atomic E-state index is 0.184. The van der Waals surface area contributed by atoms with E-state index in [4.69, 9.17) is 10.2 Å². The third kappa shape index (κ3) is 3.25. The molecule has 90 valence electrons. The van der Waals surface area contributed by atoms with Crippen molar-refractivity contribution < 1.29 is 14.6 Å². The van der Waals surface area contributed by atoms with E-state index in [1.165, 1.54) is 6.07 Å². The van der Waals surface area contributed by atoms with Gasteiger partial charge in [-0.2, -0.15) is 0 Å². The van der Waals surface area contributed by atoms with Crippen molar-refractivity contribution in [3.8, 4) is 0 Å². The highest BCUT2D eigenvalue weighted by atomic mass is 79.9. The van der Waals surface area contributed by atoms with E-state index in [0.29, 0.717) is 11.0 Å². The summed E-state index contributed by atoms with van der Waals surface area (Å²) in [7, 11) is 0. The molecule has 5 heteroatoms. The lowest BCUT2D eigenvalue weighted by Crippen LogP contribution is -2.48. The van der Waals surface area contributed by atoms with Crippen molar-refractivity contribution in [1.82, 2.24) is 5.32 Å². The van der Waals surface area contributed by atoms with E-state index < -0.39 is 5.54 Å². The quantitative estimate of drug-likeness (QED) is 0.769. The van der Waals surface area contributed by atoms with Crippen LogP contribution >= 0.6 is 15.9 Å². The molecule has 0 saturated carbocycles. The van der Waals surface area contributed by atoms with Crippen LogP contribution in [0.15, 0.2) is 22.7 Å². The van der Waals surface area contributed by atoms with Gasteiger partial charge in [0.05, 0.1) is 23.2 Å². The molecule has 0 amide bonds. The fraction of sp³-hybridized carbons (Fsp3) is 0.455. The van der Waals surface area contributed by atoms with Crippen molar-refractivity contribution in [2.75, 3.05) is 13.2 Å². The van der Waals surface area contributed by atoms with Crippen LogP contribution in [-0.4, -0.2) is 29.0 Å². The van der Waals surface area contributed by atoms with E-state index in [-0.39, 0.29) is 19.0 Å². The lowest BCUT2D eigenvalue weighted by molar-refractivity contribution is 0.103. The van der Waals surface area contributed by atoms with Crippen LogP contribution in [0, 0.1) is 5.82 Å². The molecule has 0 fully saturated rings. The number of halogens is 2. The molecule has 0 unspecified atom stereocenters. The summed E-state index contributed by atoms with van der Waals surface area (Å²) < 4.78 is 13.6. The van der Waals surface area contributed by atoms with Gasteiger partial charge in [0.25, 0.3) is 0 Å². The lowest BCUT2D eigenvalue weighted by atomic mass is 10.0. The first-order chi connectivity index (χ1) is 7.52. The summed E-state index contributed by atoms with van der Waals surface area (Å²) >= 11 is 3.15. The standard InChI is InChI=1S/C11H15BrFNO2/c1-11(6-15,7-16)14-5-8-3-2-4-9(13)10(8)12/h2-4,14-16H,5-7H2,1H3. The van der Waals surface area contributed by atoms with Gasteiger partial charge in [-0.15, -0.1) is 0 Å². The molecule has 1 aromatic carbocycles. The molecule has 0 spiro atoms. The molecular weight excluding hydrogens is 277 g/mol. The molecule has 0 heterocycles. The second kappa shape index (κ2) is 5.72. The lowest BCUT2D eigenvalue weighted by Gasteiger charge is -2.26. The van der Waals surface area contributed by atoms with Crippen LogP contribution < -0.4 is 5.32 Å². The van der Waals surface area contributed by atoms with Gasteiger partial charge in [0, 0.05) is 6.54 Å². The third-order valence-corrected chi connectivity index (χ3v) is 3.32. The molecule has 0 aromatic heterocycles. The van der Waals surface area contributed by atoms with Crippen molar-refractivity contribution >= 4 is 15.9 Å². The molecule has 0 aliphatic carbocycles. The smallest absolute Gasteiger partial charge is 0.137 e. The van der Waals surface area contributed by atoms with Crippen molar-refractivity contribution in [3.05, 3.63) is 34.1 Å². The van der Waals surface area contributed by atoms with Crippen LogP contribution in [0.2, 0.25) is 0 Å². The van der Waals surface area contributed by atoms with E-state index in [2.05, 4.69) is 21.2 Å². The minimum Gasteiger partial charge on any atom is -0.394 e. The highest BCUT2D eigenvalue weighted by Gasteiger charge is 2.21. The zero-order valence-corrected chi connectivity index (χ0v) is 10.6. The zero-order chi connectivity index (χ0) is 12.2. The monoisotopic (exact) mass is 291 g/mol. The number of aliphatic hydroxyl groups is 2. The molecule has 1 aromatic rings. The van der Waals surface area contributed by atoms with E-state index in [0.717, 1.165) is 5.56 Å². The van der Waals surface area contributed by atoms with Crippen LogP contribution in [-0.2, 0) is 6.54 Å². The summed E-state index contributed by atoms with van der Waals surface area (Å²) in [4.78, 5) is 0. The van der Waals surface area contributed by atoms with E-state index >= 15 is 0 Å². The SMILES string of the molecule is CC(CO)(CO)NCc1cccc(F)c1Br. The largest absolute Gasteiger partial charge is 0.394 e. The first kappa shape index (κ1) is 13.6. The molecule has 3 nitrogen and oxygen atoms in total. The maximum Gasteiger partial charge on any atom is 0.137 e. The van der Waals surface area contributed by atoms with E-state index in [1.54, 1.807) is 19.1 Å². The number of benzene rings is 1. The Hall–Kier alpha value is -0.490. The summed E-state index contributed by atoms with van der Waals surface area (Å²) in [5.41, 5.74) is -0.0145. The normalized spacial score (nSPS) is 11.8. The first-order valence-corrected chi connectivity index (χ1v) is 5.71. The Bertz CT molecular complexity index is 356. The second-order valence-corrected chi connectivity index (χ2v) is 4.74. The van der Waals surface area contributed by atoms with Crippen molar-refractivity contribution in [2.45, 2.75) is 19.0 Å². The van der Waals surface area contributed by atoms with E-state index in [9.17, 15) is 4.39 Å². The number of aliphatic hydroxyl groups excluding tert-OH is 2. The molecule has 0 saturated heterocycles. The third-order valence-electron chi connectivity index (χ3n) is 2.44. The molecule has 0 aliphatic rings. The number of rotatable bonds is 5. The summed E-state index contributed by atoms with van der Waals surface area (Å²) in [6.45, 7) is 1.70. The molecular formula is C11H15BrFNO2. The second-order valence-electron chi connectivity index (χ2n) is 3.94. The summed E-state index contributed by atoms with van der Waals surface area (Å²) in [6, 6.07) is 4.76. The Kier molecular flexibility index (Phi) is 4.86. The van der Waals surface area contributed by atoms with Gasteiger partial charge in [-0.25, -0.2) is 4.39 Å². The van der Waals surface area contributed by atoms with Crippen molar-refractivity contribution in [2.24, 2.45) is 0 Å². The first-order valence-electron chi connectivity index (χ1n) is 4.92. The summed E-state index contributed by atoms with van der Waals surface area (Å²) in [5.74, 6) is -0.325. The van der Waals surface area contributed by atoms with Crippen LogP contribution in [0.5, 0.6) is 0 Å². The summed E-state index contributed by atoms with van der Waals surface area (Å²) in [6.07, 6.45) is 0. The summed E-state index contributed by atoms with van der Waals surface area (Å²) in [5, 5.41) is 21.1. The molecule has 3 N–H and O–H groups in total. The molecule has 16 heavy (non-hydrogen) atoms. The number of hydrogen-bond donors (Lipinski definition) is 3. The Morgan fingerprint density at radius 3 is 2.56 bits per heavy atom. The van der Waals surface area contributed by atoms with Gasteiger partial charge in [0.2, 0.25) is 0 Å². The minimum atomic E-state index is -0.758. The Morgan fingerprint density at radius 1 is 1.38 bits per heavy atom. The number of nitrogens with one attached hydrogen (secondary N) is 1. The predicted octanol–water partition coefficient (Wildman–Crippen LogP) is 1.42. The van der Waals surface area contributed by atoms with Crippen LogP contribution in [0.1, 0.15) is 12.5 Å². The Balaban J connectivity index is 2.71. The van der Waals surface area contributed by atoms with Gasteiger partial charge in [0.15, 0.2) is 0 Å².